The molecule has 0 aliphatic rings. The summed E-state index contributed by atoms with van der Waals surface area (Å²) in [6, 6.07) is 20.6. The number of aliphatic carboxylic acids is 1. The predicted octanol–water partition coefficient (Wildman–Crippen LogP) is 3.51. The SMILES string of the molecule is NC(C(=O)O)(c1cccc2ccccc12)P(=O)(O)Cc1ccccc1. The molecule has 0 heterocycles. The number of fused-ring (bicyclic) bond motifs is 1. The number of hydrogen-bond donors (Lipinski definition) is 3. The summed E-state index contributed by atoms with van der Waals surface area (Å²) in [6.07, 6.45) is -0.320. The molecular formula is C19H18NO4P. The van der Waals surface area contributed by atoms with Crippen LogP contribution in [0.25, 0.3) is 10.8 Å². The van der Waals surface area contributed by atoms with Crippen LogP contribution in [0, 0.1) is 0 Å². The summed E-state index contributed by atoms with van der Waals surface area (Å²) in [5, 5.41) is 8.72. The Balaban J connectivity index is 2.19. The lowest BCUT2D eigenvalue weighted by Gasteiger charge is -2.31. The van der Waals surface area contributed by atoms with E-state index in [0.717, 1.165) is 5.39 Å². The minimum atomic E-state index is -4.34. The summed E-state index contributed by atoms with van der Waals surface area (Å²) in [4.78, 5) is 22.8. The van der Waals surface area contributed by atoms with Gasteiger partial charge in [-0.05, 0) is 16.3 Å². The third-order valence-corrected chi connectivity index (χ3v) is 6.65. The Bertz CT molecular complexity index is 968. The van der Waals surface area contributed by atoms with E-state index in [1.165, 1.54) is 6.07 Å². The molecular weight excluding hydrogens is 337 g/mol. The second-order valence-electron chi connectivity index (χ2n) is 5.94. The van der Waals surface area contributed by atoms with Gasteiger partial charge in [-0.1, -0.05) is 72.8 Å². The molecule has 0 aliphatic carbocycles. The van der Waals surface area contributed by atoms with Crippen LogP contribution < -0.4 is 5.73 Å². The smallest absolute Gasteiger partial charge is 0.338 e. The van der Waals surface area contributed by atoms with Crippen LogP contribution in [0.2, 0.25) is 0 Å². The van der Waals surface area contributed by atoms with Crippen LogP contribution in [-0.4, -0.2) is 16.0 Å². The first-order chi connectivity index (χ1) is 11.9. The van der Waals surface area contributed by atoms with Crippen LogP contribution in [0.3, 0.4) is 0 Å². The van der Waals surface area contributed by atoms with Crippen molar-refractivity contribution in [3.63, 3.8) is 0 Å². The van der Waals surface area contributed by atoms with Gasteiger partial charge < -0.3 is 15.7 Å². The largest absolute Gasteiger partial charge is 0.479 e. The van der Waals surface area contributed by atoms with E-state index >= 15 is 0 Å². The van der Waals surface area contributed by atoms with Crippen molar-refractivity contribution in [2.45, 2.75) is 11.4 Å². The van der Waals surface area contributed by atoms with E-state index in [2.05, 4.69) is 0 Å². The number of carbonyl (C=O) groups is 1. The highest BCUT2D eigenvalue weighted by atomic mass is 31.2. The number of carboxylic acids is 1. The van der Waals surface area contributed by atoms with Crippen LogP contribution >= 0.6 is 7.37 Å². The molecule has 25 heavy (non-hydrogen) atoms. The number of benzene rings is 3. The van der Waals surface area contributed by atoms with E-state index in [0.29, 0.717) is 10.9 Å². The molecule has 4 N–H and O–H groups in total. The second-order valence-corrected chi connectivity index (χ2v) is 8.37. The van der Waals surface area contributed by atoms with Gasteiger partial charge in [0, 0.05) is 5.56 Å². The van der Waals surface area contributed by atoms with E-state index in [-0.39, 0.29) is 11.7 Å². The number of nitrogens with two attached hydrogens (primary N) is 1. The summed E-state index contributed by atoms with van der Waals surface area (Å²) in [6.45, 7) is 0. The maximum absolute atomic E-state index is 13.1. The number of carboxylic acid groups (broad SMARTS) is 1. The normalized spacial score (nSPS) is 16.1. The molecule has 2 unspecified atom stereocenters. The average molecular weight is 355 g/mol. The highest BCUT2D eigenvalue weighted by Gasteiger charge is 2.53. The fourth-order valence-electron chi connectivity index (χ4n) is 2.97. The van der Waals surface area contributed by atoms with Gasteiger partial charge in [0.2, 0.25) is 12.6 Å². The first-order valence-corrected chi connectivity index (χ1v) is 9.57. The Hall–Kier alpha value is -2.46. The fraction of sp³-hybridized carbons (Fsp3) is 0.105. The molecule has 6 heteroatoms. The zero-order valence-electron chi connectivity index (χ0n) is 13.4. The molecule has 3 rings (SSSR count). The lowest BCUT2D eigenvalue weighted by atomic mass is 9.99. The van der Waals surface area contributed by atoms with E-state index in [4.69, 9.17) is 5.73 Å². The van der Waals surface area contributed by atoms with Crippen molar-refractivity contribution in [2.75, 3.05) is 0 Å². The summed E-state index contributed by atoms with van der Waals surface area (Å²) >= 11 is 0. The van der Waals surface area contributed by atoms with Gasteiger partial charge in [0.1, 0.15) is 0 Å². The third-order valence-electron chi connectivity index (χ3n) is 4.32. The molecule has 2 atom stereocenters. The van der Waals surface area contributed by atoms with Crippen molar-refractivity contribution in [3.8, 4) is 0 Å². The third kappa shape index (κ3) is 2.98. The molecule has 0 saturated carbocycles. The van der Waals surface area contributed by atoms with Crippen molar-refractivity contribution in [1.82, 2.24) is 0 Å². The van der Waals surface area contributed by atoms with Crippen molar-refractivity contribution in [2.24, 2.45) is 5.73 Å². The van der Waals surface area contributed by atoms with E-state index in [1.54, 1.807) is 60.7 Å². The topological polar surface area (TPSA) is 101 Å². The first kappa shape index (κ1) is 17.4. The Morgan fingerprint density at radius 2 is 1.56 bits per heavy atom. The predicted molar refractivity (Wildman–Crippen MR) is 97.4 cm³/mol. The highest BCUT2D eigenvalue weighted by molar-refractivity contribution is 7.59. The number of rotatable bonds is 5. The Kier molecular flexibility index (Phi) is 4.48. The summed E-state index contributed by atoms with van der Waals surface area (Å²) in [5.41, 5.74) is 6.84. The monoisotopic (exact) mass is 355 g/mol. The molecule has 5 nitrogen and oxygen atoms in total. The van der Waals surface area contributed by atoms with Crippen molar-refractivity contribution < 1.29 is 19.4 Å². The van der Waals surface area contributed by atoms with E-state index in [9.17, 15) is 19.4 Å². The Labute approximate surface area is 145 Å². The molecule has 128 valence electrons. The quantitative estimate of drug-likeness (QED) is 0.608. The van der Waals surface area contributed by atoms with Gasteiger partial charge in [0.05, 0.1) is 6.16 Å². The zero-order chi connectivity index (χ0) is 18.1. The molecule has 0 radical (unpaired) electrons. The van der Waals surface area contributed by atoms with Crippen molar-refractivity contribution in [1.29, 1.82) is 0 Å². The van der Waals surface area contributed by atoms with Crippen LogP contribution in [-0.2, 0) is 20.8 Å². The molecule has 3 aromatic carbocycles. The van der Waals surface area contributed by atoms with Gasteiger partial charge in [-0.3, -0.25) is 4.57 Å². The lowest BCUT2D eigenvalue weighted by molar-refractivity contribution is -0.140. The van der Waals surface area contributed by atoms with Gasteiger partial charge in [0.15, 0.2) is 0 Å². The van der Waals surface area contributed by atoms with Crippen molar-refractivity contribution >= 4 is 24.1 Å². The summed E-state index contributed by atoms with van der Waals surface area (Å²) in [5.74, 6) is -1.52. The average Bonchev–Trinajstić information content (AvgIpc) is 2.60. The zero-order valence-corrected chi connectivity index (χ0v) is 14.3. The molecule has 0 saturated heterocycles. The Morgan fingerprint density at radius 1 is 0.960 bits per heavy atom. The minimum Gasteiger partial charge on any atom is -0.479 e. The van der Waals surface area contributed by atoms with Crippen LogP contribution in [0.5, 0.6) is 0 Å². The standard InChI is InChI=1S/C19H18NO4P/c20-19(18(21)22,25(23,24)13-14-7-2-1-3-8-14)17-12-6-10-15-9-4-5-11-16(15)17/h1-12H,13,20H2,(H,21,22)(H,23,24). The molecule has 3 aromatic rings. The molecule has 0 amide bonds. The van der Waals surface area contributed by atoms with Crippen LogP contribution in [0.4, 0.5) is 0 Å². The summed E-state index contributed by atoms with van der Waals surface area (Å²) in [7, 11) is -4.34. The van der Waals surface area contributed by atoms with E-state index < -0.39 is 18.6 Å². The van der Waals surface area contributed by atoms with Crippen molar-refractivity contribution in [3.05, 3.63) is 83.9 Å². The molecule has 0 aromatic heterocycles. The Morgan fingerprint density at radius 3 is 2.24 bits per heavy atom. The van der Waals surface area contributed by atoms with Gasteiger partial charge in [-0.25, -0.2) is 4.79 Å². The summed E-state index contributed by atoms with van der Waals surface area (Å²) < 4.78 is 13.1. The maximum atomic E-state index is 13.1. The molecule has 0 fully saturated rings. The lowest BCUT2D eigenvalue weighted by Crippen LogP contribution is -2.45. The van der Waals surface area contributed by atoms with Gasteiger partial charge in [-0.2, -0.15) is 0 Å². The number of hydrogen-bond acceptors (Lipinski definition) is 3. The molecule has 0 aliphatic heterocycles. The van der Waals surface area contributed by atoms with Gasteiger partial charge in [0.25, 0.3) is 0 Å². The minimum absolute atomic E-state index is 0.139. The maximum Gasteiger partial charge on any atom is 0.338 e. The van der Waals surface area contributed by atoms with Crippen LogP contribution in [0.15, 0.2) is 72.8 Å². The van der Waals surface area contributed by atoms with Crippen LogP contribution in [0.1, 0.15) is 11.1 Å². The van der Waals surface area contributed by atoms with Gasteiger partial charge >= 0.3 is 5.97 Å². The fourth-order valence-corrected chi connectivity index (χ4v) is 4.79. The highest BCUT2D eigenvalue weighted by Crippen LogP contribution is 2.60. The van der Waals surface area contributed by atoms with E-state index in [1.807, 2.05) is 6.07 Å². The second kappa shape index (κ2) is 6.45. The first-order valence-electron chi connectivity index (χ1n) is 7.72. The molecule has 0 bridgehead atoms. The van der Waals surface area contributed by atoms with Gasteiger partial charge in [-0.15, -0.1) is 0 Å². The molecule has 0 spiro atoms.